The Labute approximate surface area is 140 Å². The van der Waals surface area contributed by atoms with E-state index in [0.717, 1.165) is 5.56 Å². The quantitative estimate of drug-likeness (QED) is 0.865. The van der Waals surface area contributed by atoms with Crippen LogP contribution in [0.3, 0.4) is 0 Å². The van der Waals surface area contributed by atoms with Crippen molar-refractivity contribution in [3.05, 3.63) is 65.5 Å². The smallest absolute Gasteiger partial charge is 0.182 e. The van der Waals surface area contributed by atoms with E-state index in [0.29, 0.717) is 5.56 Å². The zero-order valence-corrected chi connectivity index (χ0v) is 14.0. The molecule has 0 amide bonds. The number of halogens is 1. The maximum absolute atomic E-state index is 13.1. The molecular formula is C18H19FO4S. The third kappa shape index (κ3) is 2.55. The molecule has 2 aromatic rings. The molecule has 2 aromatic carbocycles. The van der Waals surface area contributed by atoms with Crippen molar-refractivity contribution in [2.75, 3.05) is 13.2 Å². The fourth-order valence-corrected chi connectivity index (χ4v) is 5.85. The monoisotopic (exact) mass is 350 g/mol. The van der Waals surface area contributed by atoms with Gasteiger partial charge in [0.05, 0.1) is 23.4 Å². The maximum Gasteiger partial charge on any atom is 0.182 e. The van der Waals surface area contributed by atoms with E-state index in [1.54, 1.807) is 12.1 Å². The highest BCUT2D eigenvalue weighted by Gasteiger charge is 2.70. The Morgan fingerprint density at radius 1 is 1.00 bits per heavy atom. The molecule has 4 nitrogen and oxygen atoms in total. The van der Waals surface area contributed by atoms with Crippen LogP contribution in [0.1, 0.15) is 17.0 Å². The van der Waals surface area contributed by atoms with Crippen LogP contribution in [0.15, 0.2) is 53.4 Å². The number of hydrogen-bond donors (Lipinski definition) is 2. The summed E-state index contributed by atoms with van der Waals surface area (Å²) >= 11 is 0. The number of aliphatic hydroxyl groups excluding tert-OH is 2. The maximum atomic E-state index is 13.1. The van der Waals surface area contributed by atoms with Crippen molar-refractivity contribution < 1.29 is 23.0 Å². The van der Waals surface area contributed by atoms with Gasteiger partial charge in [-0.2, -0.15) is 0 Å². The van der Waals surface area contributed by atoms with Gasteiger partial charge >= 0.3 is 0 Å². The Hall–Kier alpha value is -1.76. The van der Waals surface area contributed by atoms with Gasteiger partial charge in [-0.1, -0.05) is 29.8 Å². The van der Waals surface area contributed by atoms with Gasteiger partial charge in [-0.3, -0.25) is 0 Å². The third-order valence-electron chi connectivity index (χ3n) is 4.88. The Morgan fingerprint density at radius 3 is 2.04 bits per heavy atom. The van der Waals surface area contributed by atoms with Gasteiger partial charge in [0, 0.05) is 11.3 Å². The minimum atomic E-state index is -3.74. The molecule has 0 radical (unpaired) electrons. The average Bonchev–Trinajstić information content (AvgIpc) is 3.26. The van der Waals surface area contributed by atoms with Gasteiger partial charge in [0.1, 0.15) is 5.82 Å². The van der Waals surface area contributed by atoms with Crippen molar-refractivity contribution in [1.29, 1.82) is 0 Å². The second-order valence-corrected chi connectivity index (χ2v) is 8.43. The number of aryl methyl sites for hydroxylation is 1. The number of aliphatic hydroxyl groups is 2. The van der Waals surface area contributed by atoms with Crippen LogP contribution in [0, 0.1) is 18.2 Å². The molecule has 0 aliphatic heterocycles. The van der Waals surface area contributed by atoms with Crippen molar-refractivity contribution in [3.63, 3.8) is 0 Å². The zero-order chi connectivity index (χ0) is 17.5. The summed E-state index contributed by atoms with van der Waals surface area (Å²) in [6.07, 6.45) is 0. The van der Waals surface area contributed by atoms with Crippen LogP contribution < -0.4 is 0 Å². The van der Waals surface area contributed by atoms with Gasteiger partial charge in [0.15, 0.2) is 9.84 Å². The lowest BCUT2D eigenvalue weighted by Crippen LogP contribution is -2.23. The Kier molecular flexibility index (Phi) is 4.23. The topological polar surface area (TPSA) is 74.6 Å². The van der Waals surface area contributed by atoms with Crippen LogP contribution in [0.2, 0.25) is 0 Å². The summed E-state index contributed by atoms with van der Waals surface area (Å²) in [5.41, 5.74) is 0.386. The first kappa shape index (κ1) is 17.1. The highest BCUT2D eigenvalue weighted by atomic mass is 32.2. The van der Waals surface area contributed by atoms with E-state index in [1.165, 1.54) is 36.4 Å². The molecule has 0 bridgehead atoms. The summed E-state index contributed by atoms with van der Waals surface area (Å²) in [4.78, 5) is 0.161. The standard InChI is InChI=1S/C18H19FO4S/c1-12-2-8-15(9-3-12)24(22,23)17-16(18(17,10-20)11-21)13-4-6-14(19)7-5-13/h2-9,16-17,20-21H,10-11H2,1H3/t16-,17+/m1/s1. The van der Waals surface area contributed by atoms with Gasteiger partial charge in [-0.05, 0) is 36.8 Å². The van der Waals surface area contributed by atoms with E-state index in [-0.39, 0.29) is 4.90 Å². The summed E-state index contributed by atoms with van der Waals surface area (Å²) in [5, 5.41) is 18.6. The molecule has 0 unspecified atom stereocenters. The number of rotatable bonds is 5. The fourth-order valence-electron chi connectivity index (χ4n) is 3.42. The fraction of sp³-hybridized carbons (Fsp3) is 0.333. The average molecular weight is 350 g/mol. The van der Waals surface area contributed by atoms with E-state index in [2.05, 4.69) is 0 Å². The summed E-state index contributed by atoms with van der Waals surface area (Å²) < 4.78 is 39.1. The van der Waals surface area contributed by atoms with E-state index in [4.69, 9.17) is 0 Å². The van der Waals surface area contributed by atoms with Crippen molar-refractivity contribution >= 4 is 9.84 Å². The normalized spacial score (nSPS) is 22.3. The Morgan fingerprint density at radius 2 is 1.54 bits per heavy atom. The summed E-state index contributed by atoms with van der Waals surface area (Å²) in [7, 11) is -3.74. The highest BCUT2D eigenvalue weighted by molar-refractivity contribution is 7.92. The van der Waals surface area contributed by atoms with Crippen molar-refractivity contribution in [1.82, 2.24) is 0 Å². The Balaban J connectivity index is 2.04. The van der Waals surface area contributed by atoms with Crippen LogP contribution in [0.5, 0.6) is 0 Å². The summed E-state index contributed by atoms with van der Waals surface area (Å²) in [6.45, 7) is 0.948. The predicted molar refractivity (Wildman–Crippen MR) is 87.9 cm³/mol. The van der Waals surface area contributed by atoms with E-state index in [1.807, 2.05) is 6.92 Å². The SMILES string of the molecule is Cc1ccc(S(=O)(=O)[C@H]2[C@@H](c3ccc(F)cc3)C2(CO)CO)cc1. The molecule has 0 saturated heterocycles. The second-order valence-electron chi connectivity index (χ2n) is 6.36. The molecule has 24 heavy (non-hydrogen) atoms. The zero-order valence-electron chi connectivity index (χ0n) is 13.2. The third-order valence-corrected chi connectivity index (χ3v) is 7.22. The molecule has 6 heteroatoms. The van der Waals surface area contributed by atoms with E-state index < -0.39 is 45.5 Å². The molecule has 3 rings (SSSR count). The molecule has 1 aliphatic carbocycles. The van der Waals surface area contributed by atoms with Crippen LogP contribution in [-0.4, -0.2) is 37.1 Å². The molecule has 0 heterocycles. The number of benzene rings is 2. The minimum Gasteiger partial charge on any atom is -0.396 e. The lowest BCUT2D eigenvalue weighted by molar-refractivity contribution is 0.130. The molecule has 128 valence electrons. The van der Waals surface area contributed by atoms with Crippen molar-refractivity contribution in [2.45, 2.75) is 23.0 Å². The van der Waals surface area contributed by atoms with Crippen LogP contribution >= 0.6 is 0 Å². The molecule has 1 aliphatic rings. The molecule has 1 fully saturated rings. The predicted octanol–water partition coefficient (Wildman–Crippen LogP) is 2.04. The molecule has 0 spiro atoms. The second kappa shape index (κ2) is 5.95. The molecule has 2 N–H and O–H groups in total. The van der Waals surface area contributed by atoms with Gasteiger partial charge in [0.25, 0.3) is 0 Å². The number of sulfone groups is 1. The molecular weight excluding hydrogens is 331 g/mol. The van der Waals surface area contributed by atoms with Gasteiger partial charge in [-0.15, -0.1) is 0 Å². The summed E-state index contributed by atoms with van der Waals surface area (Å²) in [5.74, 6) is -0.990. The number of hydrogen-bond acceptors (Lipinski definition) is 4. The van der Waals surface area contributed by atoms with Crippen molar-refractivity contribution in [2.24, 2.45) is 5.41 Å². The lowest BCUT2D eigenvalue weighted by atomic mass is 10.0. The van der Waals surface area contributed by atoms with Crippen LogP contribution in [-0.2, 0) is 9.84 Å². The minimum absolute atomic E-state index is 0.161. The largest absolute Gasteiger partial charge is 0.396 e. The van der Waals surface area contributed by atoms with Gasteiger partial charge < -0.3 is 10.2 Å². The molecule has 0 aromatic heterocycles. The van der Waals surface area contributed by atoms with Crippen LogP contribution in [0.4, 0.5) is 4.39 Å². The summed E-state index contributed by atoms with van der Waals surface area (Å²) in [6, 6.07) is 12.0. The molecule has 2 atom stereocenters. The first-order valence-electron chi connectivity index (χ1n) is 7.64. The van der Waals surface area contributed by atoms with Gasteiger partial charge in [-0.25, -0.2) is 12.8 Å². The van der Waals surface area contributed by atoms with Gasteiger partial charge in [0.2, 0.25) is 0 Å². The Bertz CT molecular complexity index is 824. The lowest BCUT2D eigenvalue weighted by Gasteiger charge is -2.11. The van der Waals surface area contributed by atoms with E-state index in [9.17, 15) is 23.0 Å². The highest BCUT2D eigenvalue weighted by Crippen LogP contribution is 2.63. The first-order valence-corrected chi connectivity index (χ1v) is 9.19. The van der Waals surface area contributed by atoms with Crippen molar-refractivity contribution in [3.8, 4) is 0 Å². The molecule has 1 saturated carbocycles. The van der Waals surface area contributed by atoms with E-state index >= 15 is 0 Å². The first-order chi connectivity index (χ1) is 11.4. The van der Waals surface area contributed by atoms with Crippen LogP contribution in [0.25, 0.3) is 0 Å².